The van der Waals surface area contributed by atoms with Gasteiger partial charge in [-0.25, -0.2) is 0 Å². The third kappa shape index (κ3) is 3.65. The molecule has 0 spiro atoms. The monoisotopic (exact) mass is 296 g/mol. The van der Waals surface area contributed by atoms with Crippen LogP contribution in [0.4, 0.5) is 0 Å². The second-order valence-corrected chi connectivity index (χ2v) is 5.34. The Morgan fingerprint density at radius 3 is 2.64 bits per heavy atom. The van der Waals surface area contributed by atoms with Gasteiger partial charge in [-0.3, -0.25) is 4.79 Å². The van der Waals surface area contributed by atoms with Crippen molar-refractivity contribution in [2.24, 2.45) is 0 Å². The number of carbonyl (C=O) groups excluding carboxylic acids is 1. The van der Waals surface area contributed by atoms with E-state index in [1.54, 1.807) is 0 Å². The van der Waals surface area contributed by atoms with Crippen LogP contribution in [0.25, 0.3) is 0 Å². The first-order valence-electron chi connectivity index (χ1n) is 7.66. The lowest BCUT2D eigenvalue weighted by atomic mass is 10.2. The van der Waals surface area contributed by atoms with Gasteiger partial charge in [-0.15, -0.1) is 0 Å². The van der Waals surface area contributed by atoms with Crippen LogP contribution in [0.5, 0.6) is 11.5 Å². The molecular weight excluding hydrogens is 276 g/mol. The number of amides is 1. The normalized spacial score (nSPS) is 15.2. The van der Waals surface area contributed by atoms with E-state index in [-0.39, 0.29) is 5.91 Å². The number of hydrogen-bond donors (Lipinski definition) is 1. The molecule has 1 fully saturated rings. The molecule has 1 amide bonds. The molecule has 1 aliphatic heterocycles. The average molecular weight is 296 g/mol. The van der Waals surface area contributed by atoms with E-state index in [0.29, 0.717) is 11.3 Å². The van der Waals surface area contributed by atoms with Gasteiger partial charge in [0, 0.05) is 25.2 Å². The molecule has 0 aliphatic carbocycles. The van der Waals surface area contributed by atoms with Crippen LogP contribution in [-0.2, 0) is 0 Å². The Bertz CT molecular complexity index is 620. The van der Waals surface area contributed by atoms with Crippen molar-refractivity contribution >= 4 is 5.91 Å². The van der Waals surface area contributed by atoms with E-state index in [4.69, 9.17) is 4.74 Å². The first-order valence-corrected chi connectivity index (χ1v) is 7.66. The highest BCUT2D eigenvalue weighted by Crippen LogP contribution is 2.22. The number of nitrogens with one attached hydrogen (secondary N) is 1. The molecule has 1 saturated heterocycles. The lowest BCUT2D eigenvalue weighted by Crippen LogP contribution is -2.34. The molecule has 2 aromatic carbocycles. The molecule has 0 saturated carbocycles. The molecule has 0 bridgehead atoms. The SMILES string of the molecule is O=C(c1cccc(Oc2ccccc2)c1)N1CCCNCC1. The fourth-order valence-electron chi connectivity index (χ4n) is 2.55. The molecule has 0 aromatic heterocycles. The maximum absolute atomic E-state index is 12.6. The molecule has 0 radical (unpaired) electrons. The van der Waals surface area contributed by atoms with Gasteiger partial charge >= 0.3 is 0 Å². The van der Waals surface area contributed by atoms with Crippen molar-refractivity contribution in [2.45, 2.75) is 6.42 Å². The van der Waals surface area contributed by atoms with Crippen LogP contribution in [0, 0.1) is 0 Å². The first-order chi connectivity index (χ1) is 10.8. The number of ether oxygens (including phenoxy) is 1. The Kier molecular flexibility index (Phi) is 4.71. The Hall–Kier alpha value is -2.33. The standard InChI is InChI=1S/C18H20N2O2/c21-18(20-12-5-10-19-11-13-20)15-6-4-9-17(14-15)22-16-7-2-1-3-8-16/h1-4,6-9,14,19H,5,10-13H2. The summed E-state index contributed by atoms with van der Waals surface area (Å²) in [5, 5.41) is 3.31. The van der Waals surface area contributed by atoms with Crippen molar-refractivity contribution in [2.75, 3.05) is 26.2 Å². The highest BCUT2D eigenvalue weighted by molar-refractivity contribution is 5.94. The van der Waals surface area contributed by atoms with Gasteiger partial charge in [-0.05, 0) is 43.3 Å². The van der Waals surface area contributed by atoms with Crippen LogP contribution in [-0.4, -0.2) is 37.0 Å². The largest absolute Gasteiger partial charge is 0.457 e. The molecule has 1 heterocycles. The molecule has 4 nitrogen and oxygen atoms in total. The third-order valence-electron chi connectivity index (χ3n) is 3.69. The quantitative estimate of drug-likeness (QED) is 0.947. The number of nitrogens with zero attached hydrogens (tertiary/aromatic N) is 1. The van der Waals surface area contributed by atoms with Crippen LogP contribution in [0.3, 0.4) is 0 Å². The Morgan fingerprint density at radius 1 is 0.955 bits per heavy atom. The Balaban J connectivity index is 1.74. The minimum Gasteiger partial charge on any atom is -0.457 e. The fourth-order valence-corrected chi connectivity index (χ4v) is 2.55. The molecule has 4 heteroatoms. The molecule has 1 N–H and O–H groups in total. The Morgan fingerprint density at radius 2 is 1.77 bits per heavy atom. The van der Waals surface area contributed by atoms with Gasteiger partial charge in [-0.1, -0.05) is 24.3 Å². The van der Waals surface area contributed by atoms with Crippen LogP contribution in [0.2, 0.25) is 0 Å². The minimum absolute atomic E-state index is 0.0715. The van der Waals surface area contributed by atoms with Crippen molar-refractivity contribution in [3.63, 3.8) is 0 Å². The van der Waals surface area contributed by atoms with Gasteiger partial charge < -0.3 is 15.0 Å². The summed E-state index contributed by atoms with van der Waals surface area (Å²) in [4.78, 5) is 14.5. The molecule has 22 heavy (non-hydrogen) atoms. The van der Waals surface area contributed by atoms with Gasteiger partial charge in [0.05, 0.1) is 0 Å². The van der Waals surface area contributed by atoms with Gasteiger partial charge in [0.15, 0.2) is 0 Å². The number of carbonyl (C=O) groups is 1. The summed E-state index contributed by atoms with van der Waals surface area (Å²) in [6.45, 7) is 3.38. The van der Waals surface area contributed by atoms with Crippen molar-refractivity contribution in [1.82, 2.24) is 10.2 Å². The highest BCUT2D eigenvalue weighted by Gasteiger charge is 2.17. The summed E-state index contributed by atoms with van der Waals surface area (Å²) >= 11 is 0. The second-order valence-electron chi connectivity index (χ2n) is 5.34. The van der Waals surface area contributed by atoms with Crippen LogP contribution < -0.4 is 10.1 Å². The third-order valence-corrected chi connectivity index (χ3v) is 3.69. The zero-order valence-electron chi connectivity index (χ0n) is 12.5. The molecule has 3 rings (SSSR count). The summed E-state index contributed by atoms with van der Waals surface area (Å²) in [5.74, 6) is 1.53. The predicted octanol–water partition coefficient (Wildman–Crippen LogP) is 2.91. The molecule has 0 atom stereocenters. The van der Waals surface area contributed by atoms with Gasteiger partial charge in [0.2, 0.25) is 0 Å². The molecule has 114 valence electrons. The maximum atomic E-state index is 12.6. The van der Waals surface area contributed by atoms with E-state index in [9.17, 15) is 4.79 Å². The number of para-hydroxylation sites is 1. The summed E-state index contributed by atoms with van der Waals surface area (Å²) in [6, 6.07) is 17.0. The van der Waals surface area contributed by atoms with E-state index in [2.05, 4.69) is 5.32 Å². The lowest BCUT2D eigenvalue weighted by molar-refractivity contribution is 0.0766. The predicted molar refractivity (Wildman–Crippen MR) is 86.3 cm³/mol. The number of hydrogen-bond acceptors (Lipinski definition) is 3. The van der Waals surface area contributed by atoms with Crippen LogP contribution >= 0.6 is 0 Å². The molecular formula is C18H20N2O2. The molecule has 0 unspecified atom stereocenters. The lowest BCUT2D eigenvalue weighted by Gasteiger charge is -2.20. The average Bonchev–Trinajstić information content (AvgIpc) is 2.85. The fraction of sp³-hybridized carbons (Fsp3) is 0.278. The van der Waals surface area contributed by atoms with E-state index in [1.165, 1.54) is 0 Å². The number of benzene rings is 2. The van der Waals surface area contributed by atoms with E-state index in [0.717, 1.165) is 38.3 Å². The van der Waals surface area contributed by atoms with Crippen molar-refractivity contribution in [3.05, 3.63) is 60.2 Å². The van der Waals surface area contributed by atoms with Crippen molar-refractivity contribution < 1.29 is 9.53 Å². The van der Waals surface area contributed by atoms with E-state index < -0.39 is 0 Å². The smallest absolute Gasteiger partial charge is 0.254 e. The van der Waals surface area contributed by atoms with Crippen molar-refractivity contribution in [3.8, 4) is 11.5 Å². The number of rotatable bonds is 3. The van der Waals surface area contributed by atoms with Gasteiger partial charge in [0.25, 0.3) is 5.91 Å². The minimum atomic E-state index is 0.0715. The zero-order chi connectivity index (χ0) is 15.2. The van der Waals surface area contributed by atoms with Crippen molar-refractivity contribution in [1.29, 1.82) is 0 Å². The van der Waals surface area contributed by atoms with Gasteiger partial charge in [-0.2, -0.15) is 0 Å². The highest BCUT2D eigenvalue weighted by atomic mass is 16.5. The maximum Gasteiger partial charge on any atom is 0.254 e. The second kappa shape index (κ2) is 7.09. The summed E-state index contributed by atoms with van der Waals surface area (Å²) in [6.07, 6.45) is 0.992. The topological polar surface area (TPSA) is 41.6 Å². The van der Waals surface area contributed by atoms with Crippen LogP contribution in [0.15, 0.2) is 54.6 Å². The molecule has 2 aromatic rings. The Labute approximate surface area is 130 Å². The van der Waals surface area contributed by atoms with E-state index in [1.807, 2.05) is 59.5 Å². The molecule has 1 aliphatic rings. The summed E-state index contributed by atoms with van der Waals surface area (Å²) in [7, 11) is 0. The van der Waals surface area contributed by atoms with Gasteiger partial charge in [0.1, 0.15) is 11.5 Å². The zero-order valence-corrected chi connectivity index (χ0v) is 12.5. The summed E-state index contributed by atoms with van der Waals surface area (Å²) in [5.41, 5.74) is 0.676. The first kappa shape index (κ1) is 14.6. The van der Waals surface area contributed by atoms with E-state index >= 15 is 0 Å². The van der Waals surface area contributed by atoms with Crippen LogP contribution in [0.1, 0.15) is 16.8 Å². The summed E-state index contributed by atoms with van der Waals surface area (Å²) < 4.78 is 5.80.